The molecule has 0 heterocycles. The van der Waals surface area contributed by atoms with Gasteiger partial charge in [0, 0.05) is 0 Å². The van der Waals surface area contributed by atoms with Crippen LogP contribution in [0, 0.1) is 23.2 Å². The summed E-state index contributed by atoms with van der Waals surface area (Å²) in [6.45, 7) is 7.47. The van der Waals surface area contributed by atoms with E-state index in [1.807, 2.05) is 0 Å². The molecule has 0 amide bonds. The van der Waals surface area contributed by atoms with E-state index in [-0.39, 0.29) is 0 Å². The Morgan fingerprint density at radius 1 is 1.20 bits per heavy atom. The van der Waals surface area contributed by atoms with Crippen LogP contribution in [0.15, 0.2) is 0 Å². The Bertz CT molecular complexity index is 208. The van der Waals surface area contributed by atoms with Gasteiger partial charge in [-0.1, -0.05) is 52.9 Å². The fraction of sp³-hybridized carbons (Fsp3) is 1.00. The second-order valence-electron chi connectivity index (χ2n) is 6.48. The molecule has 0 nitrogen and oxygen atoms in total. The number of fused-ring (bicyclic) bond motifs is 1. The van der Waals surface area contributed by atoms with Crippen molar-refractivity contribution in [3.63, 3.8) is 0 Å². The van der Waals surface area contributed by atoms with Crippen molar-refractivity contribution in [3.8, 4) is 0 Å². The Hall–Kier alpha value is 0. The Labute approximate surface area is 95.8 Å². The van der Waals surface area contributed by atoms with E-state index in [9.17, 15) is 0 Å². The van der Waals surface area contributed by atoms with E-state index in [0.717, 1.165) is 17.8 Å². The van der Waals surface area contributed by atoms with Crippen molar-refractivity contribution in [2.45, 2.75) is 72.1 Å². The van der Waals surface area contributed by atoms with Crippen molar-refractivity contribution in [1.82, 2.24) is 0 Å². The molecule has 0 unspecified atom stereocenters. The van der Waals surface area contributed by atoms with Crippen LogP contribution in [0.25, 0.3) is 0 Å². The van der Waals surface area contributed by atoms with Crippen LogP contribution in [0.1, 0.15) is 72.1 Å². The van der Waals surface area contributed by atoms with Crippen molar-refractivity contribution in [1.29, 1.82) is 0 Å². The maximum atomic E-state index is 2.60. The van der Waals surface area contributed by atoms with Gasteiger partial charge in [-0.15, -0.1) is 0 Å². The van der Waals surface area contributed by atoms with Crippen molar-refractivity contribution < 1.29 is 0 Å². The van der Waals surface area contributed by atoms with Crippen LogP contribution in [0.4, 0.5) is 0 Å². The first-order valence-corrected chi connectivity index (χ1v) is 7.16. The van der Waals surface area contributed by atoms with Crippen LogP contribution in [-0.4, -0.2) is 0 Å². The first-order chi connectivity index (χ1) is 7.16. The van der Waals surface area contributed by atoms with Crippen LogP contribution >= 0.6 is 0 Å². The molecule has 0 aliphatic heterocycles. The highest BCUT2D eigenvalue weighted by atomic mass is 14.5. The molecular weight excluding hydrogens is 180 g/mol. The molecule has 0 aromatic rings. The first-order valence-electron chi connectivity index (χ1n) is 7.16. The Morgan fingerprint density at radius 2 is 1.93 bits per heavy atom. The molecule has 2 fully saturated rings. The van der Waals surface area contributed by atoms with Crippen molar-refractivity contribution in [3.05, 3.63) is 0 Å². The molecule has 2 rings (SSSR count). The lowest BCUT2D eigenvalue weighted by Crippen LogP contribution is -2.28. The van der Waals surface area contributed by atoms with Crippen molar-refractivity contribution in [2.75, 3.05) is 0 Å². The fourth-order valence-corrected chi connectivity index (χ4v) is 4.39. The van der Waals surface area contributed by atoms with E-state index in [0.29, 0.717) is 5.41 Å². The second kappa shape index (κ2) is 4.47. The highest BCUT2D eigenvalue weighted by Crippen LogP contribution is 2.56. The van der Waals surface area contributed by atoms with E-state index in [2.05, 4.69) is 20.8 Å². The third-order valence-corrected chi connectivity index (χ3v) is 5.54. The molecule has 2 aliphatic rings. The largest absolute Gasteiger partial charge is 0.0654 e. The van der Waals surface area contributed by atoms with Gasteiger partial charge in [0.15, 0.2) is 0 Å². The van der Waals surface area contributed by atoms with Gasteiger partial charge in [-0.2, -0.15) is 0 Å². The summed E-state index contributed by atoms with van der Waals surface area (Å²) in [6.07, 6.45) is 12.0. The van der Waals surface area contributed by atoms with Crippen LogP contribution in [0.2, 0.25) is 0 Å². The molecule has 88 valence electrons. The predicted molar refractivity (Wildman–Crippen MR) is 66.9 cm³/mol. The molecular formula is C15H28. The predicted octanol–water partition coefficient (Wildman–Crippen LogP) is 5.03. The average molecular weight is 208 g/mol. The second-order valence-corrected chi connectivity index (χ2v) is 6.48. The van der Waals surface area contributed by atoms with E-state index < -0.39 is 0 Å². The van der Waals surface area contributed by atoms with Gasteiger partial charge < -0.3 is 0 Å². The normalized spacial score (nSPS) is 46.2. The lowest BCUT2D eigenvalue weighted by Gasteiger charge is -2.36. The summed E-state index contributed by atoms with van der Waals surface area (Å²) >= 11 is 0. The lowest BCUT2D eigenvalue weighted by atomic mass is 9.69. The minimum Gasteiger partial charge on any atom is -0.0654 e. The van der Waals surface area contributed by atoms with Gasteiger partial charge in [0.25, 0.3) is 0 Å². The summed E-state index contributed by atoms with van der Waals surface area (Å²) in [5, 5.41) is 0. The SMILES string of the molecule is CCC[C@H]1C[C@@H]2CCCC[C@@H](C)[C@@]2(C)C1. The zero-order valence-electron chi connectivity index (χ0n) is 10.9. The monoisotopic (exact) mass is 208 g/mol. The van der Waals surface area contributed by atoms with Crippen LogP contribution < -0.4 is 0 Å². The fourth-order valence-electron chi connectivity index (χ4n) is 4.39. The van der Waals surface area contributed by atoms with Crippen molar-refractivity contribution >= 4 is 0 Å². The third kappa shape index (κ3) is 2.10. The zero-order chi connectivity index (χ0) is 10.9. The van der Waals surface area contributed by atoms with Gasteiger partial charge in [0.05, 0.1) is 0 Å². The van der Waals surface area contributed by atoms with Gasteiger partial charge in [0.1, 0.15) is 0 Å². The van der Waals surface area contributed by atoms with Crippen LogP contribution in [-0.2, 0) is 0 Å². The molecule has 0 radical (unpaired) electrons. The molecule has 0 bridgehead atoms. The number of hydrogen-bond acceptors (Lipinski definition) is 0. The molecule has 2 aliphatic carbocycles. The van der Waals surface area contributed by atoms with Gasteiger partial charge in [-0.3, -0.25) is 0 Å². The molecule has 0 saturated heterocycles. The zero-order valence-corrected chi connectivity index (χ0v) is 10.9. The molecule has 0 aromatic heterocycles. The maximum absolute atomic E-state index is 2.60. The maximum Gasteiger partial charge on any atom is -0.0269 e. The molecule has 0 N–H and O–H groups in total. The summed E-state index contributed by atoms with van der Waals surface area (Å²) in [5.74, 6) is 3.10. The molecule has 0 aromatic carbocycles. The molecule has 0 heteroatoms. The first kappa shape index (κ1) is 11.5. The summed E-state index contributed by atoms with van der Waals surface area (Å²) in [7, 11) is 0. The number of hydrogen-bond donors (Lipinski definition) is 0. The highest BCUT2D eigenvalue weighted by Gasteiger charge is 2.46. The van der Waals surface area contributed by atoms with Crippen LogP contribution in [0.3, 0.4) is 0 Å². The Kier molecular flexibility index (Phi) is 3.42. The van der Waals surface area contributed by atoms with E-state index in [1.54, 1.807) is 6.42 Å². The molecule has 0 spiro atoms. The van der Waals surface area contributed by atoms with Gasteiger partial charge in [-0.25, -0.2) is 0 Å². The Balaban J connectivity index is 2.08. The summed E-state index contributed by atoms with van der Waals surface area (Å²) in [6, 6.07) is 0. The van der Waals surface area contributed by atoms with Gasteiger partial charge in [-0.05, 0) is 42.4 Å². The summed E-state index contributed by atoms with van der Waals surface area (Å²) in [4.78, 5) is 0. The summed E-state index contributed by atoms with van der Waals surface area (Å²) in [5.41, 5.74) is 0.705. The highest BCUT2D eigenvalue weighted by molar-refractivity contribution is 4.96. The average Bonchev–Trinajstić information content (AvgIpc) is 2.45. The quantitative estimate of drug-likeness (QED) is 0.597. The molecule has 4 atom stereocenters. The van der Waals surface area contributed by atoms with E-state index >= 15 is 0 Å². The Morgan fingerprint density at radius 3 is 2.67 bits per heavy atom. The topological polar surface area (TPSA) is 0 Å². The molecule has 15 heavy (non-hydrogen) atoms. The third-order valence-electron chi connectivity index (χ3n) is 5.54. The van der Waals surface area contributed by atoms with Crippen molar-refractivity contribution in [2.24, 2.45) is 23.2 Å². The van der Waals surface area contributed by atoms with Crippen LogP contribution in [0.5, 0.6) is 0 Å². The minimum absolute atomic E-state index is 0.705. The standard InChI is InChI=1S/C15H28/c1-4-7-13-10-14-9-6-5-8-12(2)15(14,3)11-13/h12-14H,4-11H2,1-3H3/t12-,13+,14+,15-/m1/s1. The molecule has 2 saturated carbocycles. The lowest BCUT2D eigenvalue weighted by molar-refractivity contribution is 0.136. The van der Waals surface area contributed by atoms with Gasteiger partial charge >= 0.3 is 0 Å². The minimum atomic E-state index is 0.705. The van der Waals surface area contributed by atoms with E-state index in [1.165, 1.54) is 44.9 Å². The number of rotatable bonds is 2. The smallest absolute Gasteiger partial charge is 0.0269 e. The van der Waals surface area contributed by atoms with E-state index in [4.69, 9.17) is 0 Å². The summed E-state index contributed by atoms with van der Waals surface area (Å²) < 4.78 is 0. The van der Waals surface area contributed by atoms with Gasteiger partial charge in [0.2, 0.25) is 0 Å².